The van der Waals surface area contributed by atoms with Gasteiger partial charge in [0.2, 0.25) is 5.78 Å². The molecule has 0 saturated carbocycles. The standard InChI is InChI=1S/C13H17NO3S/c1-10-5-7-11(8-6-10)13(15)12(9-14(2)3)18(4,16)17/h5-9H,1-4H3/b12-9-. The fraction of sp³-hybridized carbons (Fsp3) is 0.308. The molecule has 0 aliphatic rings. The minimum absolute atomic E-state index is 0.198. The van der Waals surface area contributed by atoms with Crippen LogP contribution < -0.4 is 0 Å². The number of hydrogen-bond acceptors (Lipinski definition) is 4. The Morgan fingerprint density at radius 3 is 2.06 bits per heavy atom. The van der Waals surface area contributed by atoms with Gasteiger partial charge in [-0.15, -0.1) is 0 Å². The molecule has 1 aromatic rings. The Kier molecular flexibility index (Phi) is 4.29. The molecule has 5 heteroatoms. The van der Waals surface area contributed by atoms with Gasteiger partial charge in [-0.2, -0.15) is 0 Å². The largest absolute Gasteiger partial charge is 0.382 e. The van der Waals surface area contributed by atoms with Gasteiger partial charge in [-0.25, -0.2) is 8.42 Å². The molecule has 0 aliphatic heterocycles. The molecular weight excluding hydrogens is 250 g/mol. The van der Waals surface area contributed by atoms with Gasteiger partial charge in [0.05, 0.1) is 0 Å². The van der Waals surface area contributed by atoms with E-state index in [4.69, 9.17) is 0 Å². The second kappa shape index (κ2) is 5.35. The van der Waals surface area contributed by atoms with Crippen molar-refractivity contribution in [3.63, 3.8) is 0 Å². The first kappa shape index (κ1) is 14.4. The van der Waals surface area contributed by atoms with Crippen molar-refractivity contribution in [2.75, 3.05) is 20.4 Å². The SMILES string of the molecule is Cc1ccc(C(=O)/C(=C/N(C)C)S(C)(=O)=O)cc1. The van der Waals surface area contributed by atoms with E-state index in [0.29, 0.717) is 5.56 Å². The summed E-state index contributed by atoms with van der Waals surface area (Å²) in [4.78, 5) is 13.5. The van der Waals surface area contributed by atoms with E-state index in [1.165, 1.54) is 6.20 Å². The summed E-state index contributed by atoms with van der Waals surface area (Å²) in [5.74, 6) is -0.480. The number of Topliss-reactive ketones (excluding diaryl/α,β-unsaturated/α-hetero) is 1. The van der Waals surface area contributed by atoms with E-state index >= 15 is 0 Å². The zero-order valence-corrected chi connectivity index (χ0v) is 11.8. The van der Waals surface area contributed by atoms with Crippen molar-refractivity contribution in [2.24, 2.45) is 0 Å². The predicted molar refractivity (Wildman–Crippen MR) is 72.1 cm³/mol. The van der Waals surface area contributed by atoms with Gasteiger partial charge in [0, 0.05) is 32.1 Å². The average Bonchev–Trinajstić information content (AvgIpc) is 2.24. The highest BCUT2D eigenvalue weighted by Gasteiger charge is 2.22. The number of allylic oxidation sites excluding steroid dienone is 1. The van der Waals surface area contributed by atoms with Gasteiger partial charge in [0.15, 0.2) is 9.84 Å². The fourth-order valence-corrected chi connectivity index (χ4v) is 2.26. The summed E-state index contributed by atoms with van der Waals surface area (Å²) in [5.41, 5.74) is 1.39. The summed E-state index contributed by atoms with van der Waals surface area (Å²) in [7, 11) is -0.199. The molecule has 0 aromatic heterocycles. The van der Waals surface area contributed by atoms with E-state index < -0.39 is 15.6 Å². The lowest BCUT2D eigenvalue weighted by atomic mass is 10.1. The monoisotopic (exact) mass is 267 g/mol. The van der Waals surface area contributed by atoms with E-state index in [-0.39, 0.29) is 4.91 Å². The third kappa shape index (κ3) is 3.70. The van der Waals surface area contributed by atoms with Gasteiger partial charge in [-0.05, 0) is 6.92 Å². The van der Waals surface area contributed by atoms with Crippen molar-refractivity contribution < 1.29 is 13.2 Å². The second-order valence-corrected chi connectivity index (χ2v) is 6.41. The molecule has 18 heavy (non-hydrogen) atoms. The molecule has 0 atom stereocenters. The van der Waals surface area contributed by atoms with Crippen LogP contribution in [0.15, 0.2) is 35.4 Å². The van der Waals surface area contributed by atoms with Gasteiger partial charge >= 0.3 is 0 Å². The van der Waals surface area contributed by atoms with Crippen LogP contribution in [-0.2, 0) is 9.84 Å². The Morgan fingerprint density at radius 2 is 1.67 bits per heavy atom. The molecule has 4 nitrogen and oxygen atoms in total. The normalized spacial score (nSPS) is 12.3. The number of carbonyl (C=O) groups excluding carboxylic acids is 1. The van der Waals surface area contributed by atoms with Crippen LogP contribution in [0.5, 0.6) is 0 Å². The maximum atomic E-state index is 12.2. The van der Waals surface area contributed by atoms with Gasteiger partial charge in [0.25, 0.3) is 0 Å². The first-order chi connectivity index (χ1) is 8.21. The fourth-order valence-electron chi connectivity index (χ4n) is 1.40. The first-order valence-electron chi connectivity index (χ1n) is 5.41. The zero-order chi connectivity index (χ0) is 13.9. The lowest BCUT2D eigenvalue weighted by Gasteiger charge is -2.10. The van der Waals surface area contributed by atoms with Crippen LogP contribution in [0.25, 0.3) is 0 Å². The maximum absolute atomic E-state index is 12.2. The number of carbonyl (C=O) groups is 1. The summed E-state index contributed by atoms with van der Waals surface area (Å²) < 4.78 is 23.3. The van der Waals surface area contributed by atoms with E-state index in [9.17, 15) is 13.2 Å². The van der Waals surface area contributed by atoms with Crippen molar-refractivity contribution in [3.05, 3.63) is 46.5 Å². The van der Waals surface area contributed by atoms with Crippen molar-refractivity contribution in [1.29, 1.82) is 0 Å². The molecular formula is C13H17NO3S. The van der Waals surface area contributed by atoms with Crippen LogP contribution in [0.2, 0.25) is 0 Å². The van der Waals surface area contributed by atoms with Gasteiger partial charge in [0.1, 0.15) is 4.91 Å². The molecule has 0 saturated heterocycles. The average molecular weight is 267 g/mol. The van der Waals surface area contributed by atoms with E-state index in [1.807, 2.05) is 6.92 Å². The summed E-state index contributed by atoms with van der Waals surface area (Å²) >= 11 is 0. The summed E-state index contributed by atoms with van der Waals surface area (Å²) in [6.07, 6.45) is 2.37. The molecule has 1 rings (SSSR count). The van der Waals surface area contributed by atoms with Crippen LogP contribution in [0, 0.1) is 6.92 Å². The molecule has 0 heterocycles. The van der Waals surface area contributed by atoms with E-state index in [0.717, 1.165) is 11.8 Å². The summed E-state index contributed by atoms with van der Waals surface area (Å²) in [6, 6.07) is 6.82. The van der Waals surface area contributed by atoms with E-state index in [2.05, 4.69) is 0 Å². The van der Waals surface area contributed by atoms with Gasteiger partial charge in [-0.1, -0.05) is 29.8 Å². The third-order valence-corrected chi connectivity index (χ3v) is 3.40. The number of aryl methyl sites for hydroxylation is 1. The minimum atomic E-state index is -3.55. The highest BCUT2D eigenvalue weighted by atomic mass is 32.2. The zero-order valence-electron chi connectivity index (χ0n) is 11.0. The Hall–Kier alpha value is -1.62. The predicted octanol–water partition coefficient (Wildman–Crippen LogP) is 1.63. The third-order valence-electron chi connectivity index (χ3n) is 2.31. The smallest absolute Gasteiger partial charge is 0.205 e. The van der Waals surface area contributed by atoms with Crippen LogP contribution in [0.3, 0.4) is 0 Å². The molecule has 0 unspecified atom stereocenters. The van der Waals surface area contributed by atoms with Crippen molar-refractivity contribution in [3.8, 4) is 0 Å². The lowest BCUT2D eigenvalue weighted by Crippen LogP contribution is -2.16. The van der Waals surface area contributed by atoms with E-state index in [1.54, 1.807) is 43.3 Å². The lowest BCUT2D eigenvalue weighted by molar-refractivity contribution is 0.104. The van der Waals surface area contributed by atoms with Crippen molar-refractivity contribution in [1.82, 2.24) is 4.90 Å². The summed E-state index contributed by atoms with van der Waals surface area (Å²) in [6.45, 7) is 1.90. The van der Waals surface area contributed by atoms with Crippen LogP contribution in [0.4, 0.5) is 0 Å². The highest BCUT2D eigenvalue weighted by Crippen LogP contribution is 2.14. The first-order valence-corrected chi connectivity index (χ1v) is 7.30. The Morgan fingerprint density at radius 1 is 1.17 bits per heavy atom. The number of benzene rings is 1. The number of hydrogen-bond donors (Lipinski definition) is 0. The van der Waals surface area contributed by atoms with Gasteiger partial charge < -0.3 is 4.90 Å². The van der Waals surface area contributed by atoms with Crippen LogP contribution in [0.1, 0.15) is 15.9 Å². The Bertz CT molecular complexity index is 569. The maximum Gasteiger partial charge on any atom is 0.205 e. The molecule has 0 spiro atoms. The topological polar surface area (TPSA) is 54.5 Å². The van der Waals surface area contributed by atoms with Gasteiger partial charge in [-0.3, -0.25) is 4.79 Å². The molecule has 0 aliphatic carbocycles. The Balaban J connectivity index is 3.24. The molecule has 0 bridgehead atoms. The number of sulfone groups is 1. The quantitative estimate of drug-likeness (QED) is 0.614. The number of ketones is 1. The molecule has 0 N–H and O–H groups in total. The van der Waals surface area contributed by atoms with Crippen molar-refractivity contribution >= 4 is 15.6 Å². The number of nitrogens with zero attached hydrogens (tertiary/aromatic N) is 1. The van der Waals surface area contributed by atoms with Crippen LogP contribution in [-0.4, -0.2) is 39.5 Å². The molecule has 0 fully saturated rings. The molecule has 0 amide bonds. The minimum Gasteiger partial charge on any atom is -0.382 e. The molecule has 0 radical (unpaired) electrons. The number of rotatable bonds is 4. The second-order valence-electron chi connectivity index (χ2n) is 4.42. The summed E-state index contributed by atoms with van der Waals surface area (Å²) in [5, 5.41) is 0. The molecule has 1 aromatic carbocycles. The molecule has 98 valence electrons. The van der Waals surface area contributed by atoms with Crippen molar-refractivity contribution in [2.45, 2.75) is 6.92 Å². The highest BCUT2D eigenvalue weighted by molar-refractivity contribution is 7.95. The van der Waals surface area contributed by atoms with Crippen LogP contribution >= 0.6 is 0 Å². The Labute approximate surface area is 108 Å².